The average molecular weight is 497 g/mol. The zero-order chi connectivity index (χ0) is 19.8. The summed E-state index contributed by atoms with van der Waals surface area (Å²) in [6.45, 7) is 2.61. The Morgan fingerprint density at radius 3 is 2.52 bits per heavy atom. The maximum absolute atomic E-state index is 12.3. The summed E-state index contributed by atoms with van der Waals surface area (Å²) in [4.78, 5) is 24.4. The minimum absolute atomic E-state index is 0.150. The van der Waals surface area contributed by atoms with Crippen LogP contribution in [0.3, 0.4) is 0 Å². The number of carbonyl (C=O) groups is 2. The Labute approximate surface area is 177 Å². The fourth-order valence-corrected chi connectivity index (χ4v) is 3.17. The summed E-state index contributed by atoms with van der Waals surface area (Å²) in [5.41, 5.74) is 1.61. The highest BCUT2D eigenvalue weighted by atomic mass is 127. The predicted molar refractivity (Wildman–Crippen MR) is 118 cm³/mol. The third-order valence-electron chi connectivity index (χ3n) is 3.56. The van der Waals surface area contributed by atoms with E-state index in [1.165, 1.54) is 0 Å². The molecule has 142 valence electrons. The van der Waals surface area contributed by atoms with Gasteiger partial charge in [-0.1, -0.05) is 13.0 Å². The first-order chi connectivity index (χ1) is 12.9. The van der Waals surface area contributed by atoms with Crippen LogP contribution in [0.4, 0.5) is 5.69 Å². The normalized spacial score (nSPS) is 10.0. The number of ether oxygens (including phenoxy) is 1. The van der Waals surface area contributed by atoms with Crippen molar-refractivity contribution in [1.82, 2.24) is 10.6 Å². The maximum Gasteiger partial charge on any atom is 0.257 e. The van der Waals surface area contributed by atoms with Crippen molar-refractivity contribution in [2.24, 2.45) is 0 Å². The van der Waals surface area contributed by atoms with E-state index in [9.17, 15) is 9.59 Å². The lowest BCUT2D eigenvalue weighted by molar-refractivity contribution is 0.0951. The van der Waals surface area contributed by atoms with Crippen molar-refractivity contribution in [2.75, 3.05) is 19.0 Å². The number of rotatable bonds is 6. The van der Waals surface area contributed by atoms with Gasteiger partial charge in [-0.15, -0.1) is 0 Å². The van der Waals surface area contributed by atoms with Gasteiger partial charge in [-0.3, -0.25) is 14.9 Å². The summed E-state index contributed by atoms with van der Waals surface area (Å²) >= 11 is 7.30. The Balaban J connectivity index is 2.00. The molecule has 0 aromatic heterocycles. The molecule has 6 nitrogen and oxygen atoms in total. The van der Waals surface area contributed by atoms with Crippen LogP contribution in [0.2, 0.25) is 0 Å². The Kier molecular flexibility index (Phi) is 7.99. The van der Waals surface area contributed by atoms with Crippen LogP contribution in [0.15, 0.2) is 42.5 Å². The van der Waals surface area contributed by atoms with E-state index in [0.29, 0.717) is 29.1 Å². The first-order valence-corrected chi connectivity index (χ1v) is 9.77. The lowest BCUT2D eigenvalue weighted by Gasteiger charge is -2.11. The molecule has 2 aromatic carbocycles. The highest BCUT2D eigenvalue weighted by Crippen LogP contribution is 2.21. The molecule has 2 rings (SSSR count). The van der Waals surface area contributed by atoms with Crippen molar-refractivity contribution in [1.29, 1.82) is 0 Å². The lowest BCUT2D eigenvalue weighted by Crippen LogP contribution is -2.34. The summed E-state index contributed by atoms with van der Waals surface area (Å²) in [5, 5.41) is 8.52. The van der Waals surface area contributed by atoms with Crippen LogP contribution in [0, 0.1) is 3.57 Å². The van der Waals surface area contributed by atoms with Crippen molar-refractivity contribution in [3.63, 3.8) is 0 Å². The van der Waals surface area contributed by atoms with E-state index in [2.05, 4.69) is 38.5 Å². The number of halogens is 1. The zero-order valence-electron chi connectivity index (χ0n) is 15.0. The lowest BCUT2D eigenvalue weighted by atomic mass is 10.2. The molecule has 0 unspecified atom stereocenters. The smallest absolute Gasteiger partial charge is 0.257 e. The van der Waals surface area contributed by atoms with Gasteiger partial charge in [-0.05, 0) is 77.6 Å². The first-order valence-electron chi connectivity index (χ1n) is 8.28. The summed E-state index contributed by atoms with van der Waals surface area (Å²) in [7, 11) is 1.58. The molecule has 0 atom stereocenters. The number of anilines is 1. The number of carbonyl (C=O) groups excluding carboxylic acids is 2. The molecule has 27 heavy (non-hydrogen) atoms. The monoisotopic (exact) mass is 497 g/mol. The van der Waals surface area contributed by atoms with Crippen molar-refractivity contribution >= 4 is 57.4 Å². The quantitative estimate of drug-likeness (QED) is 0.420. The molecule has 2 aromatic rings. The average Bonchev–Trinajstić information content (AvgIpc) is 2.66. The molecule has 0 saturated carbocycles. The molecule has 0 radical (unpaired) electrons. The minimum atomic E-state index is -0.329. The van der Waals surface area contributed by atoms with Crippen molar-refractivity contribution in [2.45, 2.75) is 13.3 Å². The Hall–Kier alpha value is -2.20. The zero-order valence-corrected chi connectivity index (χ0v) is 17.9. The summed E-state index contributed by atoms with van der Waals surface area (Å²) < 4.78 is 6.01. The summed E-state index contributed by atoms with van der Waals surface area (Å²) in [6, 6.07) is 12.0. The fraction of sp³-hybridized carbons (Fsp3) is 0.211. The second-order valence-corrected chi connectivity index (χ2v) is 7.16. The van der Waals surface area contributed by atoms with Crippen LogP contribution in [0.5, 0.6) is 5.75 Å². The van der Waals surface area contributed by atoms with Gasteiger partial charge in [0.1, 0.15) is 5.75 Å². The fourth-order valence-electron chi connectivity index (χ4n) is 2.22. The van der Waals surface area contributed by atoms with E-state index in [0.717, 1.165) is 9.99 Å². The second kappa shape index (κ2) is 10.2. The van der Waals surface area contributed by atoms with E-state index >= 15 is 0 Å². The standard InChI is InChI=1S/C19H20IN3O3S/c1-3-9-21-17(24)12-5-4-6-14(10-12)22-19(27)23-18(25)13-7-8-16(26-2)15(20)11-13/h4-8,10-11H,3,9H2,1-2H3,(H,21,24)(H2,22,23,25,27). The number of amides is 2. The van der Waals surface area contributed by atoms with Crippen LogP contribution in [-0.2, 0) is 0 Å². The third kappa shape index (κ3) is 6.17. The third-order valence-corrected chi connectivity index (χ3v) is 4.61. The first kappa shape index (κ1) is 21.1. The number of methoxy groups -OCH3 is 1. The van der Waals surface area contributed by atoms with Crippen LogP contribution < -0.4 is 20.7 Å². The van der Waals surface area contributed by atoms with E-state index in [4.69, 9.17) is 17.0 Å². The van der Waals surface area contributed by atoms with Gasteiger partial charge >= 0.3 is 0 Å². The molecule has 0 bridgehead atoms. The Bertz CT molecular complexity index is 858. The van der Waals surface area contributed by atoms with Gasteiger partial charge in [-0.2, -0.15) is 0 Å². The predicted octanol–water partition coefficient (Wildman–Crippen LogP) is 3.57. The van der Waals surface area contributed by atoms with Gasteiger partial charge in [-0.25, -0.2) is 0 Å². The molecule has 0 heterocycles. The van der Waals surface area contributed by atoms with Crippen molar-refractivity contribution in [3.05, 3.63) is 57.2 Å². The summed E-state index contributed by atoms with van der Waals surface area (Å²) in [5.74, 6) is 0.221. The van der Waals surface area contributed by atoms with Gasteiger partial charge in [0.05, 0.1) is 10.7 Å². The molecule has 0 aliphatic heterocycles. The number of nitrogens with one attached hydrogen (secondary N) is 3. The molecule has 0 fully saturated rings. The van der Waals surface area contributed by atoms with Crippen LogP contribution in [0.1, 0.15) is 34.1 Å². The van der Waals surface area contributed by atoms with Crippen LogP contribution in [0.25, 0.3) is 0 Å². The summed E-state index contributed by atoms with van der Waals surface area (Å²) in [6.07, 6.45) is 0.865. The molecule has 0 aliphatic carbocycles. The van der Waals surface area contributed by atoms with E-state index in [1.807, 2.05) is 6.92 Å². The van der Waals surface area contributed by atoms with Crippen LogP contribution in [-0.4, -0.2) is 30.6 Å². The number of benzene rings is 2. The maximum atomic E-state index is 12.3. The molecule has 3 N–H and O–H groups in total. The molecule has 2 amide bonds. The molecule has 0 aliphatic rings. The Morgan fingerprint density at radius 1 is 1.11 bits per heavy atom. The highest BCUT2D eigenvalue weighted by molar-refractivity contribution is 14.1. The van der Waals surface area contributed by atoms with Gasteiger partial charge in [0.2, 0.25) is 0 Å². The van der Waals surface area contributed by atoms with E-state index in [-0.39, 0.29) is 16.9 Å². The van der Waals surface area contributed by atoms with Crippen LogP contribution >= 0.6 is 34.8 Å². The molecule has 8 heteroatoms. The van der Waals surface area contributed by atoms with E-state index < -0.39 is 0 Å². The van der Waals surface area contributed by atoms with Crippen molar-refractivity contribution in [3.8, 4) is 5.75 Å². The molecular formula is C19H20IN3O3S. The number of hydrogen-bond donors (Lipinski definition) is 3. The van der Waals surface area contributed by atoms with Gasteiger partial charge in [0.15, 0.2) is 5.11 Å². The topological polar surface area (TPSA) is 79.5 Å². The number of hydrogen-bond acceptors (Lipinski definition) is 4. The second-order valence-electron chi connectivity index (χ2n) is 5.59. The molecular weight excluding hydrogens is 477 g/mol. The number of thiocarbonyl (C=S) groups is 1. The SMILES string of the molecule is CCCNC(=O)c1cccc(NC(=S)NC(=O)c2ccc(OC)c(I)c2)c1. The van der Waals surface area contributed by atoms with E-state index in [1.54, 1.807) is 49.6 Å². The van der Waals surface area contributed by atoms with Crippen molar-refractivity contribution < 1.29 is 14.3 Å². The van der Waals surface area contributed by atoms with Gasteiger partial charge in [0.25, 0.3) is 11.8 Å². The largest absolute Gasteiger partial charge is 0.496 e. The molecule has 0 spiro atoms. The highest BCUT2D eigenvalue weighted by Gasteiger charge is 2.11. The Morgan fingerprint density at radius 2 is 1.85 bits per heavy atom. The van der Waals surface area contributed by atoms with Gasteiger partial charge < -0.3 is 15.4 Å². The van der Waals surface area contributed by atoms with Gasteiger partial charge in [0, 0.05) is 23.4 Å². The molecule has 0 saturated heterocycles. The minimum Gasteiger partial charge on any atom is -0.496 e.